The summed E-state index contributed by atoms with van der Waals surface area (Å²) in [5.74, 6) is 0.760. The van der Waals surface area contributed by atoms with Gasteiger partial charge in [0, 0.05) is 0 Å². The van der Waals surface area contributed by atoms with E-state index in [2.05, 4.69) is 4.98 Å². The van der Waals surface area contributed by atoms with Crippen molar-refractivity contribution in [3.63, 3.8) is 0 Å². The highest BCUT2D eigenvalue weighted by molar-refractivity contribution is 8.01. The Hall–Kier alpha value is -0.900. The largest absolute Gasteiger partial charge is 0.497 e. The molecule has 3 rings (SSSR count). The first-order valence-electron chi connectivity index (χ1n) is 6.36. The second-order valence-electron chi connectivity index (χ2n) is 4.64. The van der Waals surface area contributed by atoms with Crippen LogP contribution in [0.5, 0.6) is 5.75 Å². The van der Waals surface area contributed by atoms with Gasteiger partial charge in [0.2, 0.25) is 0 Å². The molecule has 1 aliphatic heterocycles. The molecule has 21 heavy (non-hydrogen) atoms. The molecular weight excluding hydrogens is 314 g/mol. The zero-order chi connectivity index (χ0) is 15.0. The molecule has 2 heterocycles. The van der Waals surface area contributed by atoms with Gasteiger partial charge in [0.25, 0.3) is 0 Å². The monoisotopic (exact) mass is 329 g/mol. The van der Waals surface area contributed by atoms with Gasteiger partial charge in [-0.05, 0) is 18.2 Å². The number of aromatic nitrogens is 1. The average molecular weight is 329 g/mol. The van der Waals surface area contributed by atoms with Crippen molar-refractivity contribution in [1.29, 1.82) is 0 Å². The summed E-state index contributed by atoms with van der Waals surface area (Å²) in [6.07, 6.45) is -2.89. The average Bonchev–Trinajstić information content (AvgIpc) is 3.01. The van der Waals surface area contributed by atoms with E-state index in [1.54, 1.807) is 7.11 Å². The summed E-state index contributed by atoms with van der Waals surface area (Å²) in [7, 11) is 1.61. The predicted octanol–water partition coefficient (Wildman–Crippen LogP) is 0.836. The quantitative estimate of drug-likeness (QED) is 0.765. The first-order valence-corrected chi connectivity index (χ1v) is 8.05. The van der Waals surface area contributed by atoms with Gasteiger partial charge in [0.1, 0.15) is 29.5 Å². The van der Waals surface area contributed by atoms with Crippen molar-refractivity contribution in [3.05, 3.63) is 18.2 Å². The number of aliphatic hydroxyl groups is 3. The maximum Gasteiger partial charge on any atom is 0.153 e. The number of ether oxygens (including phenoxy) is 2. The molecule has 1 aromatic carbocycles. The van der Waals surface area contributed by atoms with Crippen molar-refractivity contribution in [2.75, 3.05) is 13.7 Å². The van der Waals surface area contributed by atoms with E-state index in [-0.39, 0.29) is 6.61 Å². The van der Waals surface area contributed by atoms with Crippen LogP contribution in [-0.2, 0) is 4.74 Å². The molecule has 3 N–H and O–H groups in total. The molecular formula is C13H15NO5S2. The number of benzene rings is 1. The molecule has 8 heteroatoms. The van der Waals surface area contributed by atoms with E-state index in [4.69, 9.17) is 14.6 Å². The molecule has 1 aromatic heterocycles. The van der Waals surface area contributed by atoms with Crippen LogP contribution in [0.3, 0.4) is 0 Å². The summed E-state index contributed by atoms with van der Waals surface area (Å²) in [5, 5.41) is 28.7. The summed E-state index contributed by atoms with van der Waals surface area (Å²) in [6.45, 7) is -0.327. The number of hydrogen-bond acceptors (Lipinski definition) is 8. The molecule has 1 saturated heterocycles. The number of thiazole rings is 1. The fourth-order valence-corrected chi connectivity index (χ4v) is 4.44. The normalized spacial score (nSPS) is 29.1. The van der Waals surface area contributed by atoms with Gasteiger partial charge in [-0.1, -0.05) is 11.8 Å². The highest BCUT2D eigenvalue weighted by atomic mass is 32.2. The standard InChI is InChI=1S/C13H15NO5S2/c1-18-6-2-3-7-9(4-6)20-13(14-7)21-12-11(17)10(16)8(5-15)19-12/h2-4,8,10-12,15-17H,5H2,1H3/t8-,10-,11-,12+/m1/s1. The van der Waals surface area contributed by atoms with Gasteiger partial charge < -0.3 is 24.8 Å². The van der Waals surface area contributed by atoms with E-state index < -0.39 is 23.7 Å². The maximum atomic E-state index is 9.93. The minimum atomic E-state index is -1.08. The zero-order valence-electron chi connectivity index (χ0n) is 11.2. The van der Waals surface area contributed by atoms with Gasteiger partial charge in [-0.15, -0.1) is 11.3 Å². The van der Waals surface area contributed by atoms with Gasteiger partial charge in [-0.2, -0.15) is 0 Å². The van der Waals surface area contributed by atoms with Crippen molar-refractivity contribution in [2.45, 2.75) is 28.1 Å². The zero-order valence-corrected chi connectivity index (χ0v) is 12.8. The van der Waals surface area contributed by atoms with Crippen LogP contribution in [0.4, 0.5) is 0 Å². The van der Waals surface area contributed by atoms with Gasteiger partial charge in [-0.3, -0.25) is 0 Å². The van der Waals surface area contributed by atoms with Crippen molar-refractivity contribution in [3.8, 4) is 5.75 Å². The van der Waals surface area contributed by atoms with Crippen LogP contribution in [0.15, 0.2) is 22.5 Å². The SMILES string of the molecule is COc1ccc2nc(S[C@@H]3O[C@H](CO)[C@@H](O)[C@H]3O)sc2c1. The molecule has 0 saturated carbocycles. The number of rotatable bonds is 4. The molecule has 1 fully saturated rings. The Morgan fingerprint density at radius 1 is 1.38 bits per heavy atom. The lowest BCUT2D eigenvalue weighted by Crippen LogP contribution is -2.33. The van der Waals surface area contributed by atoms with E-state index in [0.29, 0.717) is 0 Å². The Balaban J connectivity index is 1.79. The number of thioether (sulfide) groups is 1. The molecule has 0 radical (unpaired) electrons. The third-order valence-electron chi connectivity index (χ3n) is 3.29. The third-order valence-corrected chi connectivity index (χ3v) is 5.56. The van der Waals surface area contributed by atoms with Gasteiger partial charge >= 0.3 is 0 Å². The predicted molar refractivity (Wildman–Crippen MR) is 79.8 cm³/mol. The molecule has 4 atom stereocenters. The molecule has 2 aromatic rings. The Morgan fingerprint density at radius 3 is 2.86 bits per heavy atom. The lowest BCUT2D eigenvalue weighted by atomic mass is 10.2. The van der Waals surface area contributed by atoms with Crippen molar-refractivity contribution < 1.29 is 24.8 Å². The van der Waals surface area contributed by atoms with Gasteiger partial charge in [0.05, 0.1) is 23.9 Å². The Bertz CT molecular complexity index is 634. The summed E-state index contributed by atoms with van der Waals surface area (Å²) in [4.78, 5) is 4.45. The number of methoxy groups -OCH3 is 1. The molecule has 0 aliphatic carbocycles. The van der Waals surface area contributed by atoms with Crippen LogP contribution in [0, 0.1) is 0 Å². The summed E-state index contributed by atoms with van der Waals surface area (Å²) in [5.41, 5.74) is 0.203. The minimum Gasteiger partial charge on any atom is -0.497 e. The van der Waals surface area contributed by atoms with Crippen LogP contribution in [0.2, 0.25) is 0 Å². The molecule has 0 amide bonds. The summed E-state index contributed by atoms with van der Waals surface area (Å²) in [6, 6.07) is 5.60. The van der Waals surface area contributed by atoms with E-state index >= 15 is 0 Å². The third kappa shape index (κ3) is 2.87. The van der Waals surface area contributed by atoms with Gasteiger partial charge in [0.15, 0.2) is 4.34 Å². The first kappa shape index (κ1) is 15.0. The Kier molecular flexibility index (Phi) is 4.34. The van der Waals surface area contributed by atoms with E-state index in [9.17, 15) is 10.2 Å². The van der Waals surface area contributed by atoms with Crippen molar-refractivity contribution >= 4 is 33.3 Å². The number of fused-ring (bicyclic) bond motifs is 1. The maximum absolute atomic E-state index is 9.93. The fraction of sp³-hybridized carbons (Fsp3) is 0.462. The molecule has 0 spiro atoms. The van der Waals surface area contributed by atoms with E-state index in [1.807, 2.05) is 18.2 Å². The molecule has 114 valence electrons. The minimum absolute atomic E-state index is 0.327. The van der Waals surface area contributed by atoms with Crippen molar-refractivity contribution in [1.82, 2.24) is 4.98 Å². The molecule has 0 unspecified atom stereocenters. The topological polar surface area (TPSA) is 92.0 Å². The van der Waals surface area contributed by atoms with E-state index in [1.165, 1.54) is 23.1 Å². The lowest BCUT2D eigenvalue weighted by Gasteiger charge is -2.11. The lowest BCUT2D eigenvalue weighted by molar-refractivity contribution is -0.00808. The van der Waals surface area contributed by atoms with Crippen molar-refractivity contribution in [2.24, 2.45) is 0 Å². The second kappa shape index (κ2) is 6.07. The van der Waals surface area contributed by atoms with Crippen LogP contribution in [-0.4, -0.2) is 57.8 Å². The summed E-state index contributed by atoms with van der Waals surface area (Å²) < 4.78 is 12.3. The molecule has 6 nitrogen and oxygen atoms in total. The second-order valence-corrected chi connectivity index (χ2v) is 7.01. The van der Waals surface area contributed by atoms with E-state index in [0.717, 1.165) is 20.3 Å². The highest BCUT2D eigenvalue weighted by Gasteiger charge is 2.43. The van der Waals surface area contributed by atoms with Crippen LogP contribution >= 0.6 is 23.1 Å². The number of nitrogens with zero attached hydrogens (tertiary/aromatic N) is 1. The van der Waals surface area contributed by atoms with Gasteiger partial charge in [-0.25, -0.2) is 4.98 Å². The number of aliphatic hydroxyl groups excluding tert-OH is 3. The molecule has 1 aliphatic rings. The Morgan fingerprint density at radius 2 is 2.19 bits per heavy atom. The first-order chi connectivity index (χ1) is 10.1. The fourth-order valence-electron chi connectivity index (χ4n) is 2.12. The highest BCUT2D eigenvalue weighted by Crippen LogP contribution is 2.38. The molecule has 0 bridgehead atoms. The van der Waals surface area contributed by atoms with Crippen LogP contribution < -0.4 is 4.74 Å². The summed E-state index contributed by atoms with van der Waals surface area (Å²) >= 11 is 2.71. The van der Waals surface area contributed by atoms with Crippen LogP contribution in [0.1, 0.15) is 0 Å². The number of hydrogen-bond donors (Lipinski definition) is 3. The Labute approximate surface area is 129 Å². The van der Waals surface area contributed by atoms with Crippen LogP contribution in [0.25, 0.3) is 10.2 Å². The smallest absolute Gasteiger partial charge is 0.153 e.